The number of rotatable bonds is 17. The molecule has 4 amide bonds. The Balaban J connectivity index is 1.16. The number of hydrogen-bond donors (Lipinski definition) is 3. The third-order valence-electron chi connectivity index (χ3n) is 11.8. The van der Waals surface area contributed by atoms with Gasteiger partial charge in [-0.3, -0.25) is 19.0 Å². The fraction of sp³-hybridized carbons (Fsp3) is 0.600. The van der Waals surface area contributed by atoms with Crippen LogP contribution >= 0.6 is 11.3 Å². The average Bonchev–Trinajstić information content (AvgIpc) is 3.45. The number of thiazole rings is 1. The Hall–Kier alpha value is -4.72. The van der Waals surface area contributed by atoms with Crippen molar-refractivity contribution in [3.8, 4) is 16.6 Å². The van der Waals surface area contributed by atoms with Gasteiger partial charge in [0.25, 0.3) is 6.01 Å². The molecule has 14 heteroatoms. The lowest BCUT2D eigenvalue weighted by Crippen LogP contribution is -2.54. The summed E-state index contributed by atoms with van der Waals surface area (Å²) < 4.78 is 14.3. The van der Waals surface area contributed by atoms with Gasteiger partial charge in [0.05, 0.1) is 17.8 Å². The highest BCUT2D eigenvalue weighted by atomic mass is 32.1. The maximum Gasteiger partial charge on any atom is 0.408 e. The first kappa shape index (κ1) is 43.8. The Kier molecular flexibility index (Phi) is 14.2. The van der Waals surface area contributed by atoms with E-state index in [0.717, 1.165) is 53.0 Å². The van der Waals surface area contributed by atoms with Gasteiger partial charge in [0.15, 0.2) is 0 Å². The second kappa shape index (κ2) is 19.1. The van der Waals surface area contributed by atoms with Crippen molar-refractivity contribution in [1.29, 1.82) is 0 Å². The number of nitrogens with one attached hydrogen (secondary N) is 1. The summed E-state index contributed by atoms with van der Waals surface area (Å²) in [5.74, 6) is -1.05. The van der Waals surface area contributed by atoms with E-state index in [4.69, 9.17) is 30.9 Å². The van der Waals surface area contributed by atoms with Crippen LogP contribution in [0.4, 0.5) is 4.79 Å². The number of nitrogens with two attached hydrogens (primary N) is 2. The van der Waals surface area contributed by atoms with Crippen LogP contribution < -0.4 is 21.5 Å². The molecule has 3 aromatic rings. The number of alkyl carbamates (subject to hydrolysis) is 1. The van der Waals surface area contributed by atoms with Gasteiger partial charge < -0.3 is 31.2 Å². The van der Waals surface area contributed by atoms with Gasteiger partial charge in [-0.25, -0.2) is 9.78 Å². The normalized spacial score (nSPS) is 23.0. The Labute approximate surface area is 352 Å². The maximum atomic E-state index is 14.4. The number of imidazole rings is 1. The van der Waals surface area contributed by atoms with E-state index < -0.39 is 47.6 Å². The topological polar surface area (TPSA) is 185 Å². The Morgan fingerprint density at radius 1 is 1.02 bits per heavy atom. The zero-order chi connectivity index (χ0) is 42.4. The summed E-state index contributed by atoms with van der Waals surface area (Å²) in [6, 6.07) is 4.61. The highest BCUT2D eigenvalue weighted by Crippen LogP contribution is 2.40. The second-order valence-corrected chi connectivity index (χ2v) is 18.7. The van der Waals surface area contributed by atoms with E-state index in [2.05, 4.69) is 41.3 Å². The molecular formula is C45H63N7O6S. The van der Waals surface area contributed by atoms with Gasteiger partial charge in [-0.2, -0.15) is 4.98 Å². The number of ether oxygens (including phenoxy) is 2. The van der Waals surface area contributed by atoms with Gasteiger partial charge in [0, 0.05) is 34.7 Å². The van der Waals surface area contributed by atoms with Crippen molar-refractivity contribution >= 4 is 46.2 Å². The van der Waals surface area contributed by atoms with Crippen molar-refractivity contribution in [2.45, 2.75) is 148 Å². The molecule has 1 aromatic carbocycles. The smallest absolute Gasteiger partial charge is 0.408 e. The summed E-state index contributed by atoms with van der Waals surface area (Å²) in [6.45, 7) is 11.4. The van der Waals surface area contributed by atoms with Crippen LogP contribution in [0.5, 0.6) is 6.01 Å². The van der Waals surface area contributed by atoms with Gasteiger partial charge in [-0.05, 0) is 91.2 Å². The standard InChI is InChI=1S/C45H63N7O6S/c1-27(2)52-35-23-17-21-31(41-48-34(26-59-41)29-18-14-12-15-19-29)37(35)50-43(52)57-36-25-51(38(28(36)3)40(47)54)42(55)33(49-44(56)58-45(4,5)6)22-16-11-9-7-8-10-13-20-30-24-32(30)39(46)53/h8,10,13,17,20-21,23,26-30,32-33,36,38H,7,9,11-12,14-16,18-19,22,24-25H2,1-6H3,(H2,46,53)(H2,47,54)(H,49,56)/b10-8-,20-13+/t28-,30?,32+,33+,36+,38+/m1/s1. The molecule has 0 spiro atoms. The minimum Gasteiger partial charge on any atom is -0.459 e. The van der Waals surface area contributed by atoms with Crippen molar-refractivity contribution < 1.29 is 28.7 Å². The number of primary amides is 2. The van der Waals surface area contributed by atoms with Crippen LogP contribution in [-0.4, -0.2) is 73.6 Å². The molecule has 2 aliphatic carbocycles. The van der Waals surface area contributed by atoms with E-state index in [1.807, 2.05) is 37.3 Å². The Bertz CT molecular complexity index is 2020. The third kappa shape index (κ3) is 10.9. The summed E-state index contributed by atoms with van der Waals surface area (Å²) in [7, 11) is 0. The molecule has 1 saturated heterocycles. The molecule has 3 aliphatic rings. The van der Waals surface area contributed by atoms with Gasteiger partial charge in [-0.15, -0.1) is 11.3 Å². The number of nitrogens with zero attached hydrogens (tertiary/aromatic N) is 4. The molecule has 6 atom stereocenters. The molecule has 2 aromatic heterocycles. The Morgan fingerprint density at radius 2 is 1.78 bits per heavy atom. The van der Waals surface area contributed by atoms with E-state index in [9.17, 15) is 19.2 Å². The van der Waals surface area contributed by atoms with Gasteiger partial charge in [-0.1, -0.05) is 69.4 Å². The summed E-state index contributed by atoms with van der Waals surface area (Å²) in [5, 5.41) is 5.92. The minimum atomic E-state index is -0.955. The van der Waals surface area contributed by atoms with Crippen molar-refractivity contribution in [2.24, 2.45) is 29.2 Å². The molecule has 0 radical (unpaired) electrons. The molecule has 6 rings (SSSR count). The lowest BCUT2D eigenvalue weighted by Gasteiger charge is -2.29. The highest BCUT2D eigenvalue weighted by Gasteiger charge is 2.48. The quantitative estimate of drug-likeness (QED) is 0.0904. The predicted molar refractivity (Wildman–Crippen MR) is 231 cm³/mol. The SMILES string of the molecule is CC(C)n1c(O[C@H]2CN(C(=O)[C@H](CCCCC/C=C\C=C\C3C[C@@H]3C(N)=O)NC(=O)OC(C)(C)C)[C@H](C(N)=O)[C@@H]2C)nc2c(-c3nc(C4CCCCC4)cs3)cccc21. The van der Waals surface area contributed by atoms with Crippen LogP contribution in [0.25, 0.3) is 21.6 Å². The summed E-state index contributed by atoms with van der Waals surface area (Å²) in [6.07, 6.45) is 17.2. The number of para-hydroxylation sites is 1. The third-order valence-corrected chi connectivity index (χ3v) is 12.7. The van der Waals surface area contributed by atoms with Crippen LogP contribution in [0.3, 0.4) is 0 Å². The number of amides is 4. The second-order valence-electron chi connectivity index (χ2n) is 17.9. The van der Waals surface area contributed by atoms with E-state index in [1.165, 1.54) is 37.0 Å². The van der Waals surface area contributed by atoms with Gasteiger partial charge in [0.2, 0.25) is 17.7 Å². The highest BCUT2D eigenvalue weighted by molar-refractivity contribution is 7.13. The predicted octanol–water partition coefficient (Wildman–Crippen LogP) is 7.95. The first-order valence-corrected chi connectivity index (χ1v) is 22.4. The van der Waals surface area contributed by atoms with E-state index >= 15 is 0 Å². The zero-order valence-corrected chi connectivity index (χ0v) is 36.3. The van der Waals surface area contributed by atoms with Crippen molar-refractivity contribution in [3.05, 3.63) is 53.6 Å². The lowest BCUT2D eigenvalue weighted by molar-refractivity contribution is -0.139. The average molecular weight is 830 g/mol. The summed E-state index contributed by atoms with van der Waals surface area (Å²) in [5.41, 5.74) is 14.4. The molecule has 0 bridgehead atoms. The van der Waals surface area contributed by atoms with E-state index in [0.29, 0.717) is 24.8 Å². The van der Waals surface area contributed by atoms with Crippen LogP contribution in [0.1, 0.15) is 130 Å². The first-order chi connectivity index (χ1) is 28.1. The minimum absolute atomic E-state index is 0.00568. The van der Waals surface area contributed by atoms with Crippen LogP contribution in [-0.2, 0) is 19.1 Å². The van der Waals surface area contributed by atoms with Crippen molar-refractivity contribution in [1.82, 2.24) is 24.8 Å². The largest absolute Gasteiger partial charge is 0.459 e. The van der Waals surface area contributed by atoms with Crippen LogP contribution in [0.2, 0.25) is 0 Å². The molecule has 2 saturated carbocycles. The van der Waals surface area contributed by atoms with Crippen LogP contribution in [0.15, 0.2) is 47.9 Å². The van der Waals surface area contributed by atoms with E-state index in [-0.39, 0.29) is 30.3 Å². The number of hydrogen-bond acceptors (Lipinski definition) is 9. The number of allylic oxidation sites excluding steroid dienone is 4. The number of benzene rings is 1. The number of carbonyl (C=O) groups is 4. The monoisotopic (exact) mass is 829 g/mol. The number of likely N-dealkylation sites (tertiary alicyclic amines) is 1. The molecule has 5 N–H and O–H groups in total. The number of fused-ring (bicyclic) bond motifs is 1. The van der Waals surface area contributed by atoms with Gasteiger partial charge in [0.1, 0.15) is 34.3 Å². The molecule has 59 heavy (non-hydrogen) atoms. The molecule has 1 unspecified atom stereocenters. The fourth-order valence-corrected chi connectivity index (χ4v) is 9.49. The molecule has 1 aliphatic heterocycles. The molecular weight excluding hydrogens is 767 g/mol. The molecule has 3 heterocycles. The van der Waals surface area contributed by atoms with Crippen LogP contribution in [0, 0.1) is 17.8 Å². The van der Waals surface area contributed by atoms with E-state index in [1.54, 1.807) is 32.1 Å². The molecule has 320 valence electrons. The number of aromatic nitrogens is 3. The molecule has 3 fully saturated rings. The summed E-state index contributed by atoms with van der Waals surface area (Å²) in [4.78, 5) is 63.5. The number of unbranched alkanes of at least 4 members (excludes halogenated alkanes) is 3. The number of carbonyl (C=O) groups excluding carboxylic acids is 4. The lowest BCUT2D eigenvalue weighted by atomic mass is 9.87. The molecule has 13 nitrogen and oxygen atoms in total. The zero-order valence-electron chi connectivity index (χ0n) is 35.5. The van der Waals surface area contributed by atoms with Gasteiger partial charge >= 0.3 is 6.09 Å². The van der Waals surface area contributed by atoms with Crippen molar-refractivity contribution in [3.63, 3.8) is 0 Å². The summed E-state index contributed by atoms with van der Waals surface area (Å²) >= 11 is 1.65. The maximum absolute atomic E-state index is 14.4. The first-order valence-electron chi connectivity index (χ1n) is 21.5. The Morgan fingerprint density at radius 3 is 2.46 bits per heavy atom. The fourth-order valence-electron chi connectivity index (χ4n) is 8.56. The van der Waals surface area contributed by atoms with Crippen molar-refractivity contribution in [2.75, 3.05) is 6.54 Å².